The number of carbonyl (C=O) groups is 1. The number of pyridine rings is 2. The van der Waals surface area contributed by atoms with Crippen molar-refractivity contribution in [1.82, 2.24) is 14.5 Å². The third kappa shape index (κ3) is 4.41. The summed E-state index contributed by atoms with van der Waals surface area (Å²) >= 11 is 6.44. The lowest BCUT2D eigenvalue weighted by Crippen LogP contribution is -2.38. The maximum Gasteiger partial charge on any atom is 0.295 e. The van der Waals surface area contributed by atoms with Crippen LogP contribution in [0.25, 0.3) is 10.9 Å². The Kier molecular flexibility index (Phi) is 6.53. The Bertz CT molecular complexity index is 1340. The molecule has 3 aromatic rings. The molecule has 1 saturated heterocycles. The van der Waals surface area contributed by atoms with Crippen LogP contribution in [-0.2, 0) is 11.8 Å². The number of carbonyl (C=O) groups excluding carboxylic acids is 1. The Morgan fingerprint density at radius 3 is 3.03 bits per heavy atom. The van der Waals surface area contributed by atoms with Crippen LogP contribution in [0.4, 0.5) is 17.1 Å². The van der Waals surface area contributed by atoms with E-state index in [4.69, 9.17) is 21.1 Å². The summed E-state index contributed by atoms with van der Waals surface area (Å²) in [5.74, 6) is 0.199. The van der Waals surface area contributed by atoms with Crippen molar-refractivity contribution < 1.29 is 14.3 Å². The molecular weight excluding hydrogens is 470 g/mol. The van der Waals surface area contributed by atoms with Crippen molar-refractivity contribution in [2.75, 3.05) is 44.0 Å². The van der Waals surface area contributed by atoms with Crippen molar-refractivity contribution in [1.29, 1.82) is 0 Å². The Morgan fingerprint density at radius 1 is 1.34 bits per heavy atom. The molecule has 0 spiro atoms. The van der Waals surface area contributed by atoms with Gasteiger partial charge in [0, 0.05) is 44.5 Å². The molecule has 35 heavy (non-hydrogen) atoms. The van der Waals surface area contributed by atoms with Gasteiger partial charge in [-0.3, -0.25) is 9.59 Å². The van der Waals surface area contributed by atoms with Gasteiger partial charge in [0.1, 0.15) is 5.69 Å². The van der Waals surface area contributed by atoms with Crippen LogP contribution in [0.3, 0.4) is 0 Å². The second-order valence-electron chi connectivity index (χ2n) is 8.85. The van der Waals surface area contributed by atoms with E-state index in [0.29, 0.717) is 47.6 Å². The van der Waals surface area contributed by atoms with Gasteiger partial charge in [-0.25, -0.2) is 4.98 Å². The molecule has 10 heteroatoms. The van der Waals surface area contributed by atoms with Crippen LogP contribution < -0.4 is 20.9 Å². The fourth-order valence-corrected chi connectivity index (χ4v) is 4.94. The standard InChI is InChI=1S/C25H28ClN5O4/c1-30-21-7-6-15(11-17(21)22-23(25(30)33)35-10-4-8-27-22)29-19-12-20(28-13-18(19)26)24(32)31-9-3-5-16(31)14-34-2/h6-7,11-13,16,27H,3-5,8-10,14H2,1-2H3,(H,28,29). The van der Waals surface area contributed by atoms with E-state index < -0.39 is 0 Å². The molecule has 184 valence electrons. The van der Waals surface area contributed by atoms with E-state index in [-0.39, 0.29) is 17.5 Å². The summed E-state index contributed by atoms with van der Waals surface area (Å²) in [6, 6.07) is 7.44. The van der Waals surface area contributed by atoms with Gasteiger partial charge < -0.3 is 29.6 Å². The second-order valence-corrected chi connectivity index (χ2v) is 9.26. The minimum Gasteiger partial charge on any atom is -0.486 e. The molecule has 1 aromatic carbocycles. The predicted octanol–water partition coefficient (Wildman–Crippen LogP) is 3.78. The van der Waals surface area contributed by atoms with Crippen molar-refractivity contribution in [3.8, 4) is 5.75 Å². The molecule has 2 aliphatic heterocycles. The van der Waals surface area contributed by atoms with Gasteiger partial charge in [0.2, 0.25) is 5.75 Å². The summed E-state index contributed by atoms with van der Waals surface area (Å²) in [5.41, 5.74) is 2.97. The summed E-state index contributed by atoms with van der Waals surface area (Å²) in [7, 11) is 3.38. The number of aromatic nitrogens is 2. The average molecular weight is 498 g/mol. The first-order chi connectivity index (χ1) is 17.0. The lowest BCUT2D eigenvalue weighted by atomic mass is 10.1. The van der Waals surface area contributed by atoms with Crippen molar-refractivity contribution in [3.05, 3.63) is 51.5 Å². The lowest BCUT2D eigenvalue weighted by molar-refractivity contribution is 0.0625. The van der Waals surface area contributed by atoms with Crippen molar-refractivity contribution >= 4 is 45.5 Å². The molecule has 5 rings (SSSR count). The number of nitrogens with zero attached hydrogens (tertiary/aromatic N) is 3. The first-order valence-corrected chi connectivity index (χ1v) is 12.1. The SMILES string of the molecule is COCC1CCCN1C(=O)c1cc(Nc2ccc3c(c2)c2c(c(=O)n3C)OCCCN2)c(Cl)cn1. The highest BCUT2D eigenvalue weighted by Gasteiger charge is 2.30. The molecule has 1 amide bonds. The van der Waals surface area contributed by atoms with Crippen LogP contribution in [0.2, 0.25) is 5.02 Å². The number of methoxy groups -OCH3 is 1. The predicted molar refractivity (Wildman–Crippen MR) is 136 cm³/mol. The van der Waals surface area contributed by atoms with Crippen LogP contribution in [0.1, 0.15) is 29.8 Å². The van der Waals surface area contributed by atoms with Crippen LogP contribution >= 0.6 is 11.6 Å². The molecule has 1 unspecified atom stereocenters. The highest BCUT2D eigenvalue weighted by molar-refractivity contribution is 6.33. The van der Waals surface area contributed by atoms with Gasteiger partial charge >= 0.3 is 0 Å². The zero-order chi connectivity index (χ0) is 24.5. The zero-order valence-corrected chi connectivity index (χ0v) is 20.5. The number of aryl methyl sites for hydroxylation is 1. The number of anilines is 3. The molecule has 2 aromatic heterocycles. The number of hydrogen-bond acceptors (Lipinski definition) is 7. The quantitative estimate of drug-likeness (QED) is 0.553. The number of halogens is 1. The monoisotopic (exact) mass is 497 g/mol. The number of benzene rings is 1. The minimum absolute atomic E-state index is 0.0542. The molecule has 9 nitrogen and oxygen atoms in total. The number of ether oxygens (including phenoxy) is 2. The van der Waals surface area contributed by atoms with Crippen molar-refractivity contribution in [2.45, 2.75) is 25.3 Å². The number of likely N-dealkylation sites (tertiary alicyclic amines) is 1. The van der Waals surface area contributed by atoms with Crippen LogP contribution in [0.5, 0.6) is 5.75 Å². The van der Waals surface area contributed by atoms with E-state index in [1.54, 1.807) is 24.8 Å². The zero-order valence-electron chi connectivity index (χ0n) is 19.8. The molecular formula is C25H28ClN5O4. The molecule has 2 aliphatic rings. The molecule has 0 bridgehead atoms. The largest absolute Gasteiger partial charge is 0.486 e. The summed E-state index contributed by atoms with van der Waals surface area (Å²) in [4.78, 5) is 32.1. The molecule has 0 radical (unpaired) electrons. The average Bonchev–Trinajstić information content (AvgIpc) is 3.18. The van der Waals surface area contributed by atoms with E-state index in [2.05, 4.69) is 15.6 Å². The van der Waals surface area contributed by atoms with Crippen LogP contribution in [0.15, 0.2) is 35.3 Å². The fraction of sp³-hybridized carbons (Fsp3) is 0.400. The lowest BCUT2D eigenvalue weighted by Gasteiger charge is -2.24. The van der Waals surface area contributed by atoms with E-state index >= 15 is 0 Å². The normalized spacial score (nSPS) is 17.5. The maximum atomic E-state index is 13.2. The minimum atomic E-state index is -0.170. The summed E-state index contributed by atoms with van der Waals surface area (Å²) < 4.78 is 12.6. The molecule has 4 heterocycles. The summed E-state index contributed by atoms with van der Waals surface area (Å²) in [5, 5.41) is 7.92. The van der Waals surface area contributed by atoms with Gasteiger partial charge in [0.05, 0.1) is 41.2 Å². The van der Waals surface area contributed by atoms with Gasteiger partial charge in [-0.05, 0) is 43.5 Å². The van der Waals surface area contributed by atoms with Gasteiger partial charge in [0.25, 0.3) is 11.5 Å². The first-order valence-electron chi connectivity index (χ1n) is 11.7. The third-order valence-electron chi connectivity index (χ3n) is 6.57. The highest BCUT2D eigenvalue weighted by atomic mass is 35.5. The van der Waals surface area contributed by atoms with Crippen molar-refractivity contribution in [2.24, 2.45) is 7.05 Å². The van der Waals surface area contributed by atoms with Gasteiger partial charge in [-0.1, -0.05) is 11.6 Å². The fourth-order valence-electron chi connectivity index (χ4n) is 4.79. The van der Waals surface area contributed by atoms with Gasteiger partial charge in [-0.15, -0.1) is 0 Å². The number of hydrogen-bond donors (Lipinski definition) is 2. The summed E-state index contributed by atoms with van der Waals surface area (Å²) in [6.07, 6.45) is 4.16. The molecule has 0 aliphatic carbocycles. The van der Waals surface area contributed by atoms with Crippen LogP contribution in [-0.4, -0.2) is 59.8 Å². The smallest absolute Gasteiger partial charge is 0.295 e. The Balaban J connectivity index is 1.48. The first kappa shape index (κ1) is 23.4. The molecule has 2 N–H and O–H groups in total. The Labute approximate surface area is 208 Å². The highest BCUT2D eigenvalue weighted by Crippen LogP contribution is 2.35. The maximum absolute atomic E-state index is 13.2. The van der Waals surface area contributed by atoms with E-state index in [0.717, 1.165) is 42.4 Å². The number of fused-ring (bicyclic) bond motifs is 3. The third-order valence-corrected chi connectivity index (χ3v) is 6.87. The van der Waals surface area contributed by atoms with E-state index in [9.17, 15) is 9.59 Å². The van der Waals surface area contributed by atoms with Crippen molar-refractivity contribution in [3.63, 3.8) is 0 Å². The van der Waals surface area contributed by atoms with E-state index in [1.807, 2.05) is 23.1 Å². The van der Waals surface area contributed by atoms with Gasteiger partial charge in [-0.2, -0.15) is 0 Å². The van der Waals surface area contributed by atoms with E-state index in [1.165, 1.54) is 6.20 Å². The molecule has 0 saturated carbocycles. The van der Waals surface area contributed by atoms with Gasteiger partial charge in [0.15, 0.2) is 0 Å². The number of amides is 1. The topological polar surface area (TPSA) is 97.7 Å². The number of rotatable bonds is 5. The number of nitrogens with one attached hydrogen (secondary N) is 2. The second kappa shape index (κ2) is 9.75. The molecule has 1 fully saturated rings. The summed E-state index contributed by atoms with van der Waals surface area (Å²) in [6.45, 7) is 2.40. The Morgan fingerprint density at radius 2 is 2.20 bits per heavy atom. The van der Waals surface area contributed by atoms with Crippen LogP contribution in [0, 0.1) is 0 Å². The Hall–Kier alpha value is -3.30. The molecule has 1 atom stereocenters.